The van der Waals surface area contributed by atoms with E-state index in [1.54, 1.807) is 0 Å². The molecule has 18 heavy (non-hydrogen) atoms. The Morgan fingerprint density at radius 1 is 1.22 bits per heavy atom. The second-order valence-electron chi connectivity index (χ2n) is 5.16. The minimum Gasteiger partial charge on any atom is -0.329 e. The highest BCUT2D eigenvalue weighted by Gasteiger charge is 2.21. The molecule has 0 spiro atoms. The molecule has 0 aromatic rings. The van der Waals surface area contributed by atoms with Gasteiger partial charge in [0.1, 0.15) is 9.84 Å². The summed E-state index contributed by atoms with van der Waals surface area (Å²) in [6, 6.07) is 0.503. The minimum atomic E-state index is -2.81. The van der Waals surface area contributed by atoms with E-state index < -0.39 is 9.84 Å². The summed E-state index contributed by atoms with van der Waals surface area (Å²) < 4.78 is 22.1. The topological polar surface area (TPSA) is 66.6 Å². The lowest BCUT2D eigenvalue weighted by molar-refractivity contribution is 0.0970. The predicted octanol–water partition coefficient (Wildman–Crippen LogP) is -0.224. The number of hydrogen-bond acceptors (Lipinski definition) is 5. The van der Waals surface area contributed by atoms with E-state index in [9.17, 15) is 8.42 Å². The number of rotatable bonds is 7. The van der Waals surface area contributed by atoms with Gasteiger partial charge in [-0.3, -0.25) is 4.90 Å². The van der Waals surface area contributed by atoms with Crippen molar-refractivity contribution in [1.29, 1.82) is 0 Å². The van der Waals surface area contributed by atoms with Crippen LogP contribution in [0.2, 0.25) is 0 Å². The molecule has 0 bridgehead atoms. The molecule has 1 aliphatic rings. The van der Waals surface area contributed by atoms with Gasteiger partial charge in [-0.05, 0) is 19.4 Å². The zero-order chi connectivity index (χ0) is 13.6. The van der Waals surface area contributed by atoms with Gasteiger partial charge in [0, 0.05) is 45.0 Å². The number of nitrogens with zero attached hydrogens (tertiary/aromatic N) is 2. The molecule has 1 heterocycles. The summed E-state index contributed by atoms with van der Waals surface area (Å²) in [6.07, 6.45) is 3.15. The van der Waals surface area contributed by atoms with E-state index in [0.29, 0.717) is 11.8 Å². The Balaban J connectivity index is 2.23. The van der Waals surface area contributed by atoms with E-state index in [-0.39, 0.29) is 0 Å². The molecule has 1 rings (SSSR count). The van der Waals surface area contributed by atoms with Crippen LogP contribution in [0, 0.1) is 0 Å². The summed E-state index contributed by atoms with van der Waals surface area (Å²) in [4.78, 5) is 4.80. The SMILES string of the molecule is CCC(CN)N1CCN(CCCS(C)(=O)=O)CC1. The monoisotopic (exact) mass is 277 g/mol. The van der Waals surface area contributed by atoms with Crippen molar-refractivity contribution in [2.75, 3.05) is 51.3 Å². The van der Waals surface area contributed by atoms with Gasteiger partial charge in [-0.1, -0.05) is 6.92 Å². The van der Waals surface area contributed by atoms with E-state index in [1.807, 2.05) is 0 Å². The van der Waals surface area contributed by atoms with Crippen molar-refractivity contribution in [3.05, 3.63) is 0 Å². The quantitative estimate of drug-likeness (QED) is 0.697. The Bertz CT molecular complexity index is 320. The van der Waals surface area contributed by atoms with Crippen molar-refractivity contribution in [2.45, 2.75) is 25.8 Å². The molecule has 6 heteroatoms. The largest absolute Gasteiger partial charge is 0.329 e. The normalized spacial score (nSPS) is 21.1. The summed E-state index contributed by atoms with van der Waals surface area (Å²) in [7, 11) is -2.81. The molecule has 1 atom stereocenters. The van der Waals surface area contributed by atoms with Crippen LogP contribution < -0.4 is 5.73 Å². The van der Waals surface area contributed by atoms with E-state index >= 15 is 0 Å². The first-order chi connectivity index (χ1) is 8.46. The molecular formula is C12H27N3O2S. The summed E-state index contributed by atoms with van der Waals surface area (Å²) in [5.41, 5.74) is 5.75. The lowest BCUT2D eigenvalue weighted by Gasteiger charge is -2.38. The molecule has 1 fully saturated rings. The van der Waals surface area contributed by atoms with Crippen LogP contribution in [0.25, 0.3) is 0 Å². The summed E-state index contributed by atoms with van der Waals surface area (Å²) >= 11 is 0. The van der Waals surface area contributed by atoms with Crippen molar-refractivity contribution in [1.82, 2.24) is 9.80 Å². The Labute approximate surface area is 111 Å². The van der Waals surface area contributed by atoms with E-state index in [4.69, 9.17) is 5.73 Å². The van der Waals surface area contributed by atoms with Crippen molar-refractivity contribution < 1.29 is 8.42 Å². The van der Waals surface area contributed by atoms with Gasteiger partial charge in [-0.2, -0.15) is 0 Å². The molecule has 1 unspecified atom stereocenters. The number of nitrogens with two attached hydrogens (primary N) is 1. The van der Waals surface area contributed by atoms with Crippen molar-refractivity contribution in [2.24, 2.45) is 5.73 Å². The average Bonchev–Trinajstić information content (AvgIpc) is 2.31. The highest BCUT2D eigenvalue weighted by atomic mass is 32.2. The highest BCUT2D eigenvalue weighted by Crippen LogP contribution is 2.08. The van der Waals surface area contributed by atoms with Crippen LogP contribution in [0.5, 0.6) is 0 Å². The molecule has 0 aromatic heterocycles. The van der Waals surface area contributed by atoms with Gasteiger partial charge in [0.2, 0.25) is 0 Å². The molecule has 0 saturated carbocycles. The van der Waals surface area contributed by atoms with Gasteiger partial charge in [0.25, 0.3) is 0 Å². The zero-order valence-corrected chi connectivity index (χ0v) is 12.5. The Kier molecular flexibility index (Phi) is 6.55. The van der Waals surface area contributed by atoms with Crippen LogP contribution in [-0.4, -0.2) is 75.5 Å². The Hall–Kier alpha value is -0.170. The van der Waals surface area contributed by atoms with E-state index in [1.165, 1.54) is 6.26 Å². The average molecular weight is 277 g/mol. The van der Waals surface area contributed by atoms with E-state index in [0.717, 1.165) is 52.1 Å². The zero-order valence-electron chi connectivity index (χ0n) is 11.6. The first-order valence-electron chi connectivity index (χ1n) is 6.80. The molecule has 108 valence electrons. The molecule has 0 aliphatic carbocycles. The minimum absolute atomic E-state index is 0.299. The number of piperazine rings is 1. The molecule has 0 radical (unpaired) electrons. The fourth-order valence-corrected chi connectivity index (χ4v) is 3.13. The standard InChI is InChI=1S/C12H27N3O2S/c1-3-12(11-13)15-8-6-14(7-9-15)5-4-10-18(2,16)17/h12H,3-11,13H2,1-2H3. The number of sulfone groups is 1. The maximum absolute atomic E-state index is 11.1. The highest BCUT2D eigenvalue weighted by molar-refractivity contribution is 7.90. The second kappa shape index (κ2) is 7.43. The molecular weight excluding hydrogens is 250 g/mol. The van der Waals surface area contributed by atoms with Crippen LogP contribution in [-0.2, 0) is 9.84 Å². The second-order valence-corrected chi connectivity index (χ2v) is 7.42. The van der Waals surface area contributed by atoms with Gasteiger partial charge in [-0.25, -0.2) is 8.42 Å². The van der Waals surface area contributed by atoms with Gasteiger partial charge in [-0.15, -0.1) is 0 Å². The summed E-state index contributed by atoms with van der Waals surface area (Å²) in [5.74, 6) is 0.299. The van der Waals surface area contributed by atoms with Gasteiger partial charge >= 0.3 is 0 Å². The maximum atomic E-state index is 11.1. The predicted molar refractivity (Wildman–Crippen MR) is 75.5 cm³/mol. The molecule has 0 amide bonds. The maximum Gasteiger partial charge on any atom is 0.147 e. The summed E-state index contributed by atoms with van der Waals surface area (Å²) in [5, 5.41) is 0. The van der Waals surface area contributed by atoms with Crippen LogP contribution in [0.1, 0.15) is 19.8 Å². The summed E-state index contributed by atoms with van der Waals surface area (Å²) in [6.45, 7) is 7.95. The molecule has 2 N–H and O–H groups in total. The van der Waals surface area contributed by atoms with Crippen LogP contribution in [0.15, 0.2) is 0 Å². The van der Waals surface area contributed by atoms with Gasteiger partial charge in [0.05, 0.1) is 5.75 Å². The smallest absolute Gasteiger partial charge is 0.147 e. The van der Waals surface area contributed by atoms with Gasteiger partial charge in [0.15, 0.2) is 0 Å². The molecule has 1 aliphatic heterocycles. The van der Waals surface area contributed by atoms with Crippen molar-refractivity contribution >= 4 is 9.84 Å². The lowest BCUT2D eigenvalue weighted by Crippen LogP contribution is -2.52. The molecule has 5 nitrogen and oxygen atoms in total. The first-order valence-corrected chi connectivity index (χ1v) is 8.86. The lowest BCUT2D eigenvalue weighted by atomic mass is 10.1. The third kappa shape index (κ3) is 5.65. The van der Waals surface area contributed by atoms with E-state index in [2.05, 4.69) is 16.7 Å². The van der Waals surface area contributed by atoms with Crippen molar-refractivity contribution in [3.63, 3.8) is 0 Å². The molecule has 0 aromatic carbocycles. The Morgan fingerprint density at radius 2 is 1.83 bits per heavy atom. The fourth-order valence-electron chi connectivity index (χ4n) is 2.48. The van der Waals surface area contributed by atoms with Crippen LogP contribution in [0.3, 0.4) is 0 Å². The third-order valence-electron chi connectivity index (χ3n) is 3.66. The number of hydrogen-bond donors (Lipinski definition) is 1. The molecule has 1 saturated heterocycles. The fraction of sp³-hybridized carbons (Fsp3) is 1.00. The van der Waals surface area contributed by atoms with Crippen LogP contribution in [0.4, 0.5) is 0 Å². The van der Waals surface area contributed by atoms with Crippen molar-refractivity contribution in [3.8, 4) is 0 Å². The Morgan fingerprint density at radius 3 is 2.28 bits per heavy atom. The van der Waals surface area contributed by atoms with Gasteiger partial charge < -0.3 is 10.6 Å². The third-order valence-corrected chi connectivity index (χ3v) is 4.69. The van der Waals surface area contributed by atoms with Crippen LogP contribution >= 0.6 is 0 Å². The first kappa shape index (κ1) is 15.9.